The van der Waals surface area contributed by atoms with Crippen molar-refractivity contribution in [1.82, 2.24) is 9.78 Å². The summed E-state index contributed by atoms with van der Waals surface area (Å²) in [6.07, 6.45) is 1.65. The molecule has 1 heterocycles. The van der Waals surface area contributed by atoms with Gasteiger partial charge in [-0.1, -0.05) is 12.1 Å². The molecule has 0 aliphatic heterocycles. The maximum atomic E-state index is 13.0. The smallest absolute Gasteiger partial charge is 0.149 e. The first kappa shape index (κ1) is 6.34. The largest absolute Gasteiger partial charge is 0.265 e. The molecule has 0 N–H and O–H groups in total. The normalized spacial score (nSPS) is 10.7. The first-order chi connectivity index (χ1) is 5.29. The summed E-state index contributed by atoms with van der Waals surface area (Å²) >= 11 is 0. The Balaban J connectivity index is 2.96. The second-order valence-electron chi connectivity index (χ2n) is 2.45. The molecule has 2 nitrogen and oxygen atoms in total. The van der Waals surface area contributed by atoms with Crippen LogP contribution in [-0.2, 0) is 7.05 Å². The maximum absolute atomic E-state index is 13.0. The summed E-state index contributed by atoms with van der Waals surface area (Å²) in [6, 6.07) is 4.95. The summed E-state index contributed by atoms with van der Waals surface area (Å²) in [5.41, 5.74) is 0.563. The highest BCUT2D eigenvalue weighted by atomic mass is 19.1. The summed E-state index contributed by atoms with van der Waals surface area (Å²) in [6.45, 7) is 0. The minimum Gasteiger partial charge on any atom is -0.265 e. The van der Waals surface area contributed by atoms with Gasteiger partial charge in [0.1, 0.15) is 11.3 Å². The van der Waals surface area contributed by atoms with Crippen LogP contribution in [0, 0.1) is 5.82 Å². The second kappa shape index (κ2) is 2.05. The topological polar surface area (TPSA) is 17.8 Å². The molecule has 2 rings (SSSR count). The lowest BCUT2D eigenvalue weighted by atomic mass is 10.2. The minimum atomic E-state index is -0.220. The van der Waals surface area contributed by atoms with Crippen LogP contribution in [0.5, 0.6) is 0 Å². The lowest BCUT2D eigenvalue weighted by Crippen LogP contribution is -1.90. The monoisotopic (exact) mass is 150 g/mol. The summed E-state index contributed by atoms with van der Waals surface area (Å²) in [5, 5.41) is 4.77. The summed E-state index contributed by atoms with van der Waals surface area (Å²) in [4.78, 5) is 0. The van der Waals surface area contributed by atoms with E-state index in [4.69, 9.17) is 0 Å². The Kier molecular flexibility index (Phi) is 1.18. The van der Waals surface area contributed by atoms with Gasteiger partial charge in [0.05, 0.1) is 6.20 Å². The SMILES string of the molecule is Cn1ncc2cccc(F)c21. The number of aryl methyl sites for hydroxylation is 1. The van der Waals surface area contributed by atoms with Gasteiger partial charge < -0.3 is 0 Å². The van der Waals surface area contributed by atoms with E-state index >= 15 is 0 Å². The molecule has 0 amide bonds. The van der Waals surface area contributed by atoms with E-state index in [0.717, 1.165) is 5.39 Å². The van der Waals surface area contributed by atoms with Crippen molar-refractivity contribution >= 4 is 10.9 Å². The third-order valence-electron chi connectivity index (χ3n) is 1.71. The highest BCUT2D eigenvalue weighted by molar-refractivity contribution is 5.78. The van der Waals surface area contributed by atoms with Crippen LogP contribution < -0.4 is 0 Å². The van der Waals surface area contributed by atoms with Crippen molar-refractivity contribution in [2.45, 2.75) is 0 Å². The molecule has 0 radical (unpaired) electrons. The number of fused-ring (bicyclic) bond motifs is 1. The van der Waals surface area contributed by atoms with Crippen LogP contribution in [0.2, 0.25) is 0 Å². The fourth-order valence-electron chi connectivity index (χ4n) is 1.18. The second-order valence-corrected chi connectivity index (χ2v) is 2.45. The molecule has 56 valence electrons. The van der Waals surface area contributed by atoms with E-state index in [1.807, 2.05) is 6.07 Å². The van der Waals surface area contributed by atoms with E-state index in [0.29, 0.717) is 5.52 Å². The average Bonchev–Trinajstić information content (AvgIpc) is 2.34. The van der Waals surface area contributed by atoms with Gasteiger partial charge in [-0.3, -0.25) is 4.68 Å². The highest BCUT2D eigenvalue weighted by Crippen LogP contribution is 2.15. The lowest BCUT2D eigenvalue weighted by molar-refractivity contribution is 0.625. The van der Waals surface area contributed by atoms with Crippen molar-refractivity contribution in [3.05, 3.63) is 30.2 Å². The maximum Gasteiger partial charge on any atom is 0.149 e. The van der Waals surface area contributed by atoms with Crippen LogP contribution in [0.3, 0.4) is 0 Å². The molecule has 11 heavy (non-hydrogen) atoms. The van der Waals surface area contributed by atoms with Gasteiger partial charge in [0.15, 0.2) is 0 Å². The molecule has 0 bridgehead atoms. The zero-order chi connectivity index (χ0) is 7.84. The number of benzene rings is 1. The van der Waals surface area contributed by atoms with E-state index in [-0.39, 0.29) is 5.82 Å². The Morgan fingerprint density at radius 3 is 3.00 bits per heavy atom. The van der Waals surface area contributed by atoms with Crippen molar-refractivity contribution in [3.8, 4) is 0 Å². The minimum absolute atomic E-state index is 0.220. The van der Waals surface area contributed by atoms with Crippen molar-refractivity contribution in [1.29, 1.82) is 0 Å². The molecule has 0 aliphatic rings. The molecule has 3 heteroatoms. The third kappa shape index (κ3) is 0.808. The van der Waals surface area contributed by atoms with Crippen molar-refractivity contribution in [2.75, 3.05) is 0 Å². The zero-order valence-electron chi connectivity index (χ0n) is 6.08. The molecule has 0 saturated carbocycles. The van der Waals surface area contributed by atoms with Gasteiger partial charge in [0.2, 0.25) is 0 Å². The predicted octanol–water partition coefficient (Wildman–Crippen LogP) is 1.71. The van der Waals surface area contributed by atoms with Crippen LogP contribution in [0.15, 0.2) is 24.4 Å². The van der Waals surface area contributed by atoms with Gasteiger partial charge >= 0.3 is 0 Å². The van der Waals surface area contributed by atoms with Crippen LogP contribution in [0.4, 0.5) is 4.39 Å². The van der Waals surface area contributed by atoms with Gasteiger partial charge in [-0.25, -0.2) is 4.39 Å². The van der Waals surface area contributed by atoms with Crippen LogP contribution in [0.25, 0.3) is 10.9 Å². The first-order valence-corrected chi connectivity index (χ1v) is 3.35. The lowest BCUT2D eigenvalue weighted by Gasteiger charge is -1.93. The molecule has 1 aromatic heterocycles. The van der Waals surface area contributed by atoms with Crippen LogP contribution in [0.1, 0.15) is 0 Å². The Bertz CT molecular complexity index is 392. The number of rotatable bonds is 0. The molecular formula is C8H7FN2. The molecule has 0 saturated heterocycles. The third-order valence-corrected chi connectivity index (χ3v) is 1.71. The molecule has 1 aromatic carbocycles. The molecule has 0 spiro atoms. The Labute approximate surface area is 63.3 Å². The van der Waals surface area contributed by atoms with Gasteiger partial charge in [0, 0.05) is 12.4 Å². The molecule has 2 aromatic rings. The van der Waals surface area contributed by atoms with Crippen molar-refractivity contribution in [3.63, 3.8) is 0 Å². The molecule has 0 aliphatic carbocycles. The Morgan fingerprint density at radius 2 is 2.27 bits per heavy atom. The van der Waals surface area contributed by atoms with Crippen molar-refractivity contribution in [2.24, 2.45) is 7.05 Å². The number of halogens is 1. The molecule has 0 atom stereocenters. The van der Waals surface area contributed by atoms with E-state index in [1.165, 1.54) is 10.7 Å². The first-order valence-electron chi connectivity index (χ1n) is 3.35. The summed E-state index contributed by atoms with van der Waals surface area (Å²) in [7, 11) is 1.73. The van der Waals surface area contributed by atoms with Gasteiger partial charge in [-0.2, -0.15) is 5.10 Å². The Morgan fingerprint density at radius 1 is 1.45 bits per heavy atom. The predicted molar refractivity (Wildman–Crippen MR) is 40.7 cm³/mol. The number of para-hydroxylation sites is 1. The molecule has 0 unspecified atom stereocenters. The van der Waals surface area contributed by atoms with Gasteiger partial charge in [0.25, 0.3) is 0 Å². The quantitative estimate of drug-likeness (QED) is 0.559. The van der Waals surface area contributed by atoms with E-state index < -0.39 is 0 Å². The number of aromatic nitrogens is 2. The average molecular weight is 150 g/mol. The highest BCUT2D eigenvalue weighted by Gasteiger charge is 2.02. The van der Waals surface area contributed by atoms with E-state index in [2.05, 4.69) is 5.10 Å². The fraction of sp³-hybridized carbons (Fsp3) is 0.125. The standard InChI is InChI=1S/C8H7FN2/c1-11-8-6(5-10-11)3-2-4-7(8)9/h2-5H,1H3. The van der Waals surface area contributed by atoms with Gasteiger partial charge in [-0.15, -0.1) is 0 Å². The molecular weight excluding hydrogens is 143 g/mol. The van der Waals surface area contributed by atoms with Crippen LogP contribution in [-0.4, -0.2) is 9.78 Å². The van der Waals surface area contributed by atoms with E-state index in [9.17, 15) is 4.39 Å². The number of hydrogen-bond acceptors (Lipinski definition) is 1. The summed E-state index contributed by atoms with van der Waals surface area (Å²) < 4.78 is 14.6. The molecule has 0 fully saturated rings. The van der Waals surface area contributed by atoms with E-state index in [1.54, 1.807) is 19.3 Å². The van der Waals surface area contributed by atoms with Crippen LogP contribution >= 0.6 is 0 Å². The van der Waals surface area contributed by atoms with Crippen molar-refractivity contribution < 1.29 is 4.39 Å². The fourth-order valence-corrected chi connectivity index (χ4v) is 1.18. The Hall–Kier alpha value is -1.38. The summed E-state index contributed by atoms with van der Waals surface area (Å²) in [5.74, 6) is -0.220. The zero-order valence-corrected chi connectivity index (χ0v) is 6.08. The number of hydrogen-bond donors (Lipinski definition) is 0. The van der Waals surface area contributed by atoms with Gasteiger partial charge in [-0.05, 0) is 6.07 Å². The number of nitrogens with zero attached hydrogens (tertiary/aromatic N) is 2.